The number of nitrogens with zero attached hydrogens (tertiary/aromatic N) is 3. The number of pyridine rings is 1. The van der Waals surface area contributed by atoms with Gasteiger partial charge in [-0.25, -0.2) is 4.79 Å². The summed E-state index contributed by atoms with van der Waals surface area (Å²) >= 11 is 0. The maximum absolute atomic E-state index is 13.1. The lowest BCUT2D eigenvalue weighted by molar-refractivity contribution is 0.245. The Labute approximate surface area is 198 Å². The molecule has 1 aromatic carbocycles. The van der Waals surface area contributed by atoms with Crippen molar-refractivity contribution in [3.63, 3.8) is 0 Å². The third-order valence-corrected chi connectivity index (χ3v) is 7.39. The third kappa shape index (κ3) is 4.14. The van der Waals surface area contributed by atoms with Crippen molar-refractivity contribution < 1.29 is 4.79 Å². The van der Waals surface area contributed by atoms with Crippen molar-refractivity contribution in [2.75, 3.05) is 11.4 Å². The highest BCUT2D eigenvalue weighted by molar-refractivity contribution is 5.93. The van der Waals surface area contributed by atoms with Crippen molar-refractivity contribution in [3.05, 3.63) is 59.4 Å². The van der Waals surface area contributed by atoms with Crippen LogP contribution in [-0.2, 0) is 12.0 Å². The smallest absolute Gasteiger partial charge is 0.319 e. The van der Waals surface area contributed by atoms with Crippen LogP contribution in [0.2, 0.25) is 0 Å². The summed E-state index contributed by atoms with van der Waals surface area (Å²) in [5.74, 6) is 0.590. The zero-order chi connectivity index (χ0) is 23.8. The molecule has 0 aliphatic heterocycles. The summed E-state index contributed by atoms with van der Waals surface area (Å²) in [5, 5.41) is 0. The lowest BCUT2D eigenvalue weighted by Crippen LogP contribution is -2.48. The largest absolute Gasteiger partial charge is 0.351 e. The second-order valence-electron chi connectivity index (χ2n) is 10.2. The van der Waals surface area contributed by atoms with Crippen LogP contribution in [0.15, 0.2) is 42.7 Å². The molecule has 2 aromatic heterocycles. The third-order valence-electron chi connectivity index (χ3n) is 7.39. The Bertz CT molecular complexity index is 1110. The summed E-state index contributed by atoms with van der Waals surface area (Å²) < 4.78 is 2.42. The Morgan fingerprint density at radius 2 is 1.73 bits per heavy atom. The molecule has 2 heterocycles. The zero-order valence-corrected chi connectivity index (χ0v) is 20.8. The van der Waals surface area contributed by atoms with Gasteiger partial charge in [0.15, 0.2) is 0 Å². The second kappa shape index (κ2) is 9.20. The zero-order valence-electron chi connectivity index (χ0n) is 20.8. The number of aryl methyl sites for hydroxylation is 1. The number of benzene rings is 1. The maximum Gasteiger partial charge on any atom is 0.319 e. The summed E-state index contributed by atoms with van der Waals surface area (Å²) in [4.78, 5) is 19.6. The van der Waals surface area contributed by atoms with Crippen LogP contribution in [0.1, 0.15) is 88.8 Å². The summed E-state index contributed by atoms with van der Waals surface area (Å²) in [6, 6.07) is 10.2. The van der Waals surface area contributed by atoms with E-state index in [1.165, 1.54) is 16.7 Å². The molecule has 5 heteroatoms. The lowest BCUT2D eigenvalue weighted by atomic mass is 9.90. The summed E-state index contributed by atoms with van der Waals surface area (Å²) in [6.45, 7) is 11.5. The van der Waals surface area contributed by atoms with Crippen LogP contribution in [-0.4, -0.2) is 22.1 Å². The van der Waals surface area contributed by atoms with Gasteiger partial charge in [-0.1, -0.05) is 65.7 Å². The van der Waals surface area contributed by atoms with Gasteiger partial charge < -0.3 is 10.3 Å². The number of fused-ring (bicyclic) bond motifs is 1. The number of rotatable bonds is 7. The molecule has 0 radical (unpaired) electrons. The number of aromatic nitrogens is 2. The SMILES string of the molecule is CCc1cn(C2(CN(C(N)=O)c3c(C(C)C)cccc3C(C)C)CCCC2)c2cccnc12. The first-order valence-corrected chi connectivity index (χ1v) is 12.4. The number of hydrogen-bond donors (Lipinski definition) is 1. The fraction of sp³-hybridized carbons (Fsp3) is 0.500. The van der Waals surface area contributed by atoms with Gasteiger partial charge >= 0.3 is 6.03 Å². The number of para-hydroxylation sites is 1. The number of carbonyl (C=O) groups excluding carboxylic acids is 1. The van der Waals surface area contributed by atoms with Crippen LogP contribution in [0.4, 0.5) is 10.5 Å². The Hall–Kier alpha value is -2.82. The Kier molecular flexibility index (Phi) is 6.51. The second-order valence-corrected chi connectivity index (χ2v) is 10.2. The van der Waals surface area contributed by atoms with Crippen LogP contribution >= 0.6 is 0 Å². The highest BCUT2D eigenvalue weighted by Gasteiger charge is 2.40. The molecular weight excluding hydrogens is 408 g/mol. The normalized spacial score (nSPS) is 15.6. The van der Waals surface area contributed by atoms with Gasteiger partial charge in [-0.15, -0.1) is 0 Å². The maximum atomic E-state index is 13.1. The first kappa shape index (κ1) is 23.3. The van der Waals surface area contributed by atoms with Gasteiger partial charge in [-0.05, 0) is 59.9 Å². The minimum Gasteiger partial charge on any atom is -0.351 e. The van der Waals surface area contributed by atoms with Crippen molar-refractivity contribution in [2.45, 2.75) is 84.1 Å². The summed E-state index contributed by atoms with van der Waals surface area (Å²) in [6.07, 6.45) is 9.44. The molecule has 1 aliphatic carbocycles. The number of primary amides is 1. The van der Waals surface area contributed by atoms with E-state index >= 15 is 0 Å². The molecule has 4 rings (SSSR count). The first-order chi connectivity index (χ1) is 15.8. The van der Waals surface area contributed by atoms with Crippen LogP contribution in [0.3, 0.4) is 0 Å². The van der Waals surface area contributed by atoms with E-state index in [4.69, 9.17) is 10.7 Å². The number of carbonyl (C=O) groups is 1. The van der Waals surface area contributed by atoms with E-state index in [2.05, 4.69) is 69.6 Å². The molecule has 5 nitrogen and oxygen atoms in total. The molecule has 1 saturated carbocycles. The fourth-order valence-electron chi connectivity index (χ4n) is 5.67. The molecule has 2 N–H and O–H groups in total. The van der Waals surface area contributed by atoms with Gasteiger partial charge in [0.1, 0.15) is 0 Å². The molecular formula is C28H38N4O. The van der Waals surface area contributed by atoms with Gasteiger partial charge in [0.05, 0.1) is 28.8 Å². The minimum atomic E-state index is -0.374. The molecule has 1 aliphatic rings. The van der Waals surface area contributed by atoms with E-state index in [9.17, 15) is 4.79 Å². The molecule has 1 fully saturated rings. The lowest BCUT2D eigenvalue weighted by Gasteiger charge is -2.39. The molecule has 0 unspecified atom stereocenters. The molecule has 0 spiro atoms. The molecule has 176 valence electrons. The first-order valence-electron chi connectivity index (χ1n) is 12.4. The number of anilines is 1. The average Bonchev–Trinajstić information content (AvgIpc) is 3.42. The van der Waals surface area contributed by atoms with Crippen LogP contribution in [0.5, 0.6) is 0 Å². The molecule has 0 bridgehead atoms. The average molecular weight is 447 g/mol. The van der Waals surface area contributed by atoms with E-state index in [-0.39, 0.29) is 11.6 Å². The van der Waals surface area contributed by atoms with Gasteiger partial charge in [0, 0.05) is 12.4 Å². The predicted molar refractivity (Wildman–Crippen MR) is 137 cm³/mol. The van der Waals surface area contributed by atoms with Crippen LogP contribution < -0.4 is 10.6 Å². The van der Waals surface area contributed by atoms with Gasteiger partial charge in [0.2, 0.25) is 0 Å². The van der Waals surface area contributed by atoms with E-state index in [0.29, 0.717) is 18.4 Å². The molecule has 0 saturated heterocycles. The summed E-state index contributed by atoms with van der Waals surface area (Å²) in [7, 11) is 0. The van der Waals surface area contributed by atoms with Crippen molar-refractivity contribution in [2.24, 2.45) is 5.73 Å². The van der Waals surface area contributed by atoms with Gasteiger partial charge in [-0.2, -0.15) is 0 Å². The predicted octanol–water partition coefficient (Wildman–Crippen LogP) is 6.70. The highest BCUT2D eigenvalue weighted by atomic mass is 16.2. The van der Waals surface area contributed by atoms with E-state index in [1.807, 2.05) is 17.2 Å². The Morgan fingerprint density at radius 1 is 1.09 bits per heavy atom. The number of urea groups is 1. The molecule has 3 aromatic rings. The minimum absolute atomic E-state index is 0.192. The number of amides is 2. The number of hydrogen-bond acceptors (Lipinski definition) is 2. The number of nitrogens with two attached hydrogens (primary N) is 1. The van der Waals surface area contributed by atoms with Crippen molar-refractivity contribution in [1.29, 1.82) is 0 Å². The van der Waals surface area contributed by atoms with Gasteiger partial charge in [-0.3, -0.25) is 9.88 Å². The summed E-state index contributed by atoms with van der Waals surface area (Å²) in [5.41, 5.74) is 12.8. The van der Waals surface area contributed by atoms with Crippen molar-refractivity contribution >= 4 is 22.8 Å². The standard InChI is InChI=1S/C28H38N4O/c1-6-21-17-32(24-13-10-16-30-25(21)24)28(14-7-8-15-28)18-31(27(29)33)26-22(19(2)3)11-9-12-23(26)20(4)5/h9-13,16-17,19-20H,6-8,14-15,18H2,1-5H3,(H2,29,33). The van der Waals surface area contributed by atoms with Crippen LogP contribution in [0, 0.1) is 0 Å². The van der Waals surface area contributed by atoms with Crippen molar-refractivity contribution in [3.8, 4) is 0 Å². The highest BCUT2D eigenvalue weighted by Crippen LogP contribution is 2.43. The van der Waals surface area contributed by atoms with E-state index in [0.717, 1.165) is 48.8 Å². The van der Waals surface area contributed by atoms with E-state index < -0.39 is 0 Å². The molecule has 33 heavy (non-hydrogen) atoms. The quantitative estimate of drug-likeness (QED) is 0.439. The Balaban J connectivity index is 1.89. The van der Waals surface area contributed by atoms with Crippen LogP contribution in [0.25, 0.3) is 11.0 Å². The molecule has 2 amide bonds. The monoisotopic (exact) mass is 446 g/mol. The fourth-order valence-corrected chi connectivity index (χ4v) is 5.67. The van der Waals surface area contributed by atoms with Gasteiger partial charge in [0.25, 0.3) is 0 Å². The van der Waals surface area contributed by atoms with E-state index in [1.54, 1.807) is 0 Å². The topological polar surface area (TPSA) is 64.2 Å². The molecule has 0 atom stereocenters. The Morgan fingerprint density at radius 3 is 2.27 bits per heavy atom. The van der Waals surface area contributed by atoms with Crippen molar-refractivity contribution in [1.82, 2.24) is 9.55 Å².